The minimum absolute atomic E-state index is 0.212. The molecule has 1 N–H and O–H groups in total. The molecule has 3 aromatic rings. The van der Waals surface area contributed by atoms with E-state index in [0.29, 0.717) is 11.8 Å². The van der Waals surface area contributed by atoms with Gasteiger partial charge in [0.25, 0.3) is 0 Å². The number of aryl methyl sites for hydroxylation is 2. The van der Waals surface area contributed by atoms with Crippen molar-refractivity contribution in [1.82, 2.24) is 25.0 Å². The number of hydrogen-bond donors (Lipinski definition) is 1. The first-order valence-electron chi connectivity index (χ1n) is 16.2. The molecule has 6 heteroatoms. The van der Waals surface area contributed by atoms with Crippen molar-refractivity contribution in [1.29, 1.82) is 0 Å². The average Bonchev–Trinajstić information content (AvgIpc) is 3.63. The topological polar surface area (TPSA) is 58.3 Å². The van der Waals surface area contributed by atoms with Crippen LogP contribution in [0.15, 0.2) is 83.4 Å². The number of fused-ring (bicyclic) bond motifs is 1. The summed E-state index contributed by atoms with van der Waals surface area (Å²) < 4.78 is 1.99. The number of nitrogens with zero attached hydrogens (tertiary/aromatic N) is 5. The van der Waals surface area contributed by atoms with Gasteiger partial charge >= 0.3 is 0 Å². The number of pyridine rings is 1. The molecule has 2 atom stereocenters. The van der Waals surface area contributed by atoms with Crippen LogP contribution in [0.4, 0.5) is 0 Å². The molecule has 2 aliphatic heterocycles. The van der Waals surface area contributed by atoms with E-state index in [-0.39, 0.29) is 6.04 Å². The summed E-state index contributed by atoms with van der Waals surface area (Å²) in [5.74, 6) is 2.80. The van der Waals surface area contributed by atoms with E-state index in [1.54, 1.807) is 5.57 Å². The van der Waals surface area contributed by atoms with Crippen molar-refractivity contribution in [3.05, 3.63) is 101 Å². The largest absolute Gasteiger partial charge is 0.371 e. The Hall–Kier alpha value is -3.93. The number of hydrogen-bond acceptors (Lipinski definition) is 5. The van der Waals surface area contributed by atoms with E-state index in [1.165, 1.54) is 39.4 Å². The molecule has 43 heavy (non-hydrogen) atoms. The van der Waals surface area contributed by atoms with Crippen LogP contribution in [0.1, 0.15) is 81.8 Å². The van der Waals surface area contributed by atoms with Gasteiger partial charge in [0.1, 0.15) is 5.82 Å². The van der Waals surface area contributed by atoms with Gasteiger partial charge in [-0.2, -0.15) is 5.10 Å². The minimum atomic E-state index is 0.212. The fourth-order valence-electron chi connectivity index (χ4n) is 7.06. The molecule has 6 nitrogen and oxygen atoms in total. The van der Waals surface area contributed by atoms with Crippen molar-refractivity contribution in [3.8, 4) is 17.1 Å². The second kappa shape index (κ2) is 12.4. The Morgan fingerprint density at radius 1 is 1.07 bits per heavy atom. The molecule has 0 bridgehead atoms. The number of benzene rings is 1. The van der Waals surface area contributed by atoms with Gasteiger partial charge in [-0.15, -0.1) is 0 Å². The van der Waals surface area contributed by atoms with Gasteiger partial charge in [0.15, 0.2) is 5.82 Å². The summed E-state index contributed by atoms with van der Waals surface area (Å²) in [4.78, 5) is 12.8. The lowest BCUT2D eigenvalue weighted by Crippen LogP contribution is -2.33. The molecule has 2 aromatic heterocycles. The van der Waals surface area contributed by atoms with Gasteiger partial charge in [-0.25, -0.2) is 14.7 Å². The lowest BCUT2D eigenvalue weighted by Gasteiger charge is -2.35. The quantitative estimate of drug-likeness (QED) is 0.264. The monoisotopic (exact) mass is 574 g/mol. The highest BCUT2D eigenvalue weighted by molar-refractivity contribution is 5.90. The smallest absolute Gasteiger partial charge is 0.154 e. The summed E-state index contributed by atoms with van der Waals surface area (Å²) in [6, 6.07) is 13.2. The Morgan fingerprint density at radius 2 is 1.91 bits per heavy atom. The van der Waals surface area contributed by atoms with Gasteiger partial charge < -0.3 is 10.2 Å². The van der Waals surface area contributed by atoms with Crippen LogP contribution in [0, 0.1) is 18.8 Å². The zero-order chi connectivity index (χ0) is 30.1. The Morgan fingerprint density at radius 3 is 2.65 bits per heavy atom. The molecule has 0 saturated heterocycles. The second-order valence-corrected chi connectivity index (χ2v) is 12.5. The summed E-state index contributed by atoms with van der Waals surface area (Å²) in [6.45, 7) is 17.3. The summed E-state index contributed by atoms with van der Waals surface area (Å²) in [5.41, 5.74) is 11.4. The predicted molar refractivity (Wildman–Crippen MR) is 177 cm³/mol. The Kier molecular flexibility index (Phi) is 8.38. The molecule has 0 saturated carbocycles. The number of rotatable bonds is 9. The van der Waals surface area contributed by atoms with Crippen LogP contribution in [-0.2, 0) is 12.8 Å². The van der Waals surface area contributed by atoms with Crippen molar-refractivity contribution < 1.29 is 0 Å². The minimum Gasteiger partial charge on any atom is -0.371 e. The SMILES string of the molecule is C=C(C(C)C)N1CC=C(C2CC=C(NC3CCc4cccc(-c5cccc(-n6ncc(C)c6CC)n5)c43)N=C2CC)CC1. The number of aliphatic imine (C=N–C) groups is 1. The molecular formula is C37H46N6. The van der Waals surface area contributed by atoms with E-state index in [4.69, 9.17) is 9.98 Å². The van der Waals surface area contributed by atoms with Crippen LogP contribution in [0.25, 0.3) is 17.1 Å². The molecule has 224 valence electrons. The van der Waals surface area contributed by atoms with Gasteiger partial charge in [0, 0.05) is 41.7 Å². The molecular weight excluding hydrogens is 528 g/mol. The van der Waals surface area contributed by atoms with Crippen molar-refractivity contribution in [3.63, 3.8) is 0 Å². The van der Waals surface area contributed by atoms with Crippen LogP contribution in [0.3, 0.4) is 0 Å². The Balaban J connectivity index is 1.22. The van der Waals surface area contributed by atoms with Gasteiger partial charge in [0.05, 0.1) is 17.9 Å². The van der Waals surface area contributed by atoms with E-state index in [1.807, 2.05) is 10.9 Å². The predicted octanol–water partition coefficient (Wildman–Crippen LogP) is 7.90. The molecule has 2 unspecified atom stereocenters. The van der Waals surface area contributed by atoms with E-state index >= 15 is 0 Å². The lowest BCUT2D eigenvalue weighted by atomic mass is 9.84. The summed E-state index contributed by atoms with van der Waals surface area (Å²) in [7, 11) is 0. The van der Waals surface area contributed by atoms with Crippen LogP contribution < -0.4 is 5.32 Å². The maximum atomic E-state index is 5.22. The first-order chi connectivity index (χ1) is 20.9. The van der Waals surface area contributed by atoms with Gasteiger partial charge in [-0.05, 0) is 86.3 Å². The maximum absolute atomic E-state index is 5.22. The Bertz CT molecular complexity index is 1600. The molecule has 0 radical (unpaired) electrons. The molecule has 6 rings (SSSR count). The molecule has 0 amide bonds. The van der Waals surface area contributed by atoms with Crippen LogP contribution in [-0.4, -0.2) is 38.5 Å². The van der Waals surface area contributed by atoms with E-state index in [2.05, 4.69) is 105 Å². The summed E-state index contributed by atoms with van der Waals surface area (Å²) in [6.07, 6.45) is 12.8. The molecule has 4 heterocycles. The molecule has 3 aliphatic rings. The Labute approximate surface area is 257 Å². The lowest BCUT2D eigenvalue weighted by molar-refractivity contribution is 0.330. The number of aromatic nitrogens is 3. The highest BCUT2D eigenvalue weighted by Gasteiger charge is 2.30. The summed E-state index contributed by atoms with van der Waals surface area (Å²) in [5, 5.41) is 8.50. The standard InChI is InChI=1S/C37H46N6/c1-7-31-29(27-19-21-42(22-20-27)26(6)24(3)4)16-18-35(39-31)40-33-17-15-28-11-9-12-30(37(28)33)32-13-10-14-36(41-32)43-34(8-2)25(5)23-38-43/h9-14,18-19,23-24,29,33,40H,6-8,15-17,20-22H2,1-5H3. The van der Waals surface area contributed by atoms with Crippen LogP contribution in [0.2, 0.25) is 0 Å². The summed E-state index contributed by atoms with van der Waals surface area (Å²) >= 11 is 0. The van der Waals surface area contributed by atoms with Crippen molar-refractivity contribution in [2.24, 2.45) is 16.8 Å². The first kappa shape index (κ1) is 29.2. The average molecular weight is 575 g/mol. The second-order valence-electron chi connectivity index (χ2n) is 12.5. The van der Waals surface area contributed by atoms with Gasteiger partial charge in [0.2, 0.25) is 0 Å². The van der Waals surface area contributed by atoms with Crippen molar-refractivity contribution >= 4 is 5.71 Å². The van der Waals surface area contributed by atoms with Crippen LogP contribution in [0.5, 0.6) is 0 Å². The molecule has 0 fully saturated rings. The van der Waals surface area contributed by atoms with Gasteiger partial charge in [-0.3, -0.25) is 0 Å². The molecule has 1 aliphatic carbocycles. The molecule has 0 spiro atoms. The van der Waals surface area contributed by atoms with E-state index in [9.17, 15) is 0 Å². The third-order valence-electron chi connectivity index (χ3n) is 9.55. The normalized spacial score (nSPS) is 20.0. The molecule has 1 aromatic carbocycles. The van der Waals surface area contributed by atoms with Crippen molar-refractivity contribution in [2.45, 2.75) is 79.2 Å². The highest BCUT2D eigenvalue weighted by atomic mass is 15.3. The first-order valence-corrected chi connectivity index (χ1v) is 16.2. The number of nitrogens with one attached hydrogen (secondary N) is 1. The fourth-order valence-corrected chi connectivity index (χ4v) is 7.06. The van der Waals surface area contributed by atoms with E-state index in [0.717, 1.165) is 68.9 Å². The van der Waals surface area contributed by atoms with Crippen LogP contribution >= 0.6 is 0 Å². The highest BCUT2D eigenvalue weighted by Crippen LogP contribution is 2.40. The third kappa shape index (κ3) is 5.72. The zero-order valence-electron chi connectivity index (χ0n) is 26.5. The van der Waals surface area contributed by atoms with Gasteiger partial charge in [-0.1, -0.05) is 70.2 Å². The van der Waals surface area contributed by atoms with Crippen molar-refractivity contribution in [2.75, 3.05) is 13.1 Å². The zero-order valence-corrected chi connectivity index (χ0v) is 26.5. The fraction of sp³-hybridized carbons (Fsp3) is 0.432. The van der Waals surface area contributed by atoms with E-state index < -0.39 is 0 Å². The third-order valence-corrected chi connectivity index (χ3v) is 9.55. The number of allylic oxidation sites excluding steroid dienone is 2. The maximum Gasteiger partial charge on any atom is 0.154 e.